The quantitative estimate of drug-likeness (QED) is 0.931. The van der Waals surface area contributed by atoms with Gasteiger partial charge in [0, 0.05) is 6.42 Å². The first-order valence-electron chi connectivity index (χ1n) is 7.98. The lowest BCUT2D eigenvalue weighted by Crippen LogP contribution is -2.35. The lowest BCUT2D eigenvalue weighted by Gasteiger charge is -2.36. The molecule has 0 saturated carbocycles. The van der Waals surface area contributed by atoms with Crippen molar-refractivity contribution in [3.8, 4) is 11.5 Å². The number of rotatable bonds is 4. The molecule has 0 amide bonds. The first kappa shape index (κ1) is 15.9. The zero-order chi connectivity index (χ0) is 16.6. The Morgan fingerprint density at radius 2 is 2.17 bits per heavy atom. The van der Waals surface area contributed by atoms with Gasteiger partial charge in [0.25, 0.3) is 0 Å². The Hall–Kier alpha value is -2.01. The van der Waals surface area contributed by atoms with E-state index in [9.17, 15) is 5.11 Å². The molecule has 23 heavy (non-hydrogen) atoms. The lowest BCUT2D eigenvalue weighted by molar-refractivity contribution is 0.00949. The van der Waals surface area contributed by atoms with Crippen LogP contribution in [0.25, 0.3) is 0 Å². The molecule has 1 aromatic carbocycles. The molecule has 0 aliphatic carbocycles. The summed E-state index contributed by atoms with van der Waals surface area (Å²) in [6, 6.07) is 5.61. The van der Waals surface area contributed by atoms with E-state index in [-0.39, 0.29) is 5.60 Å². The molecule has 1 aromatic heterocycles. The largest absolute Gasteiger partial charge is 0.488 e. The molecule has 2 aromatic rings. The summed E-state index contributed by atoms with van der Waals surface area (Å²) in [6.45, 7) is 8.23. The highest BCUT2D eigenvalue weighted by Crippen LogP contribution is 2.44. The van der Waals surface area contributed by atoms with Crippen LogP contribution in [-0.2, 0) is 13.0 Å². The molecule has 1 aliphatic heterocycles. The van der Waals surface area contributed by atoms with E-state index in [1.165, 1.54) is 0 Å². The van der Waals surface area contributed by atoms with E-state index >= 15 is 0 Å². The number of aryl methyl sites for hydroxylation is 2. The van der Waals surface area contributed by atoms with Gasteiger partial charge in [-0.15, -0.1) is 0 Å². The molecular weight excluding hydrogens is 294 g/mol. The average molecular weight is 317 g/mol. The molecule has 5 nitrogen and oxygen atoms in total. The van der Waals surface area contributed by atoms with Gasteiger partial charge in [-0.2, -0.15) is 0 Å². The van der Waals surface area contributed by atoms with Crippen molar-refractivity contribution in [2.24, 2.45) is 0 Å². The number of hydrogen-bond acceptors (Lipinski definition) is 5. The number of benzene rings is 1. The number of aliphatic hydroxyl groups excluding tert-OH is 1. The Bertz CT molecular complexity index is 705. The van der Waals surface area contributed by atoms with Gasteiger partial charge in [0.2, 0.25) is 0 Å². The molecule has 124 valence electrons. The van der Waals surface area contributed by atoms with Gasteiger partial charge in [-0.3, -0.25) is 0 Å². The minimum absolute atomic E-state index is 0.366. The summed E-state index contributed by atoms with van der Waals surface area (Å²) in [5, 5.41) is 14.5. The minimum Gasteiger partial charge on any atom is -0.488 e. The summed E-state index contributed by atoms with van der Waals surface area (Å²) in [5.41, 5.74) is 2.21. The predicted molar refractivity (Wildman–Crippen MR) is 85.7 cm³/mol. The van der Waals surface area contributed by atoms with Crippen LogP contribution >= 0.6 is 0 Å². The Morgan fingerprint density at radius 1 is 1.39 bits per heavy atom. The maximum absolute atomic E-state index is 10.5. The fraction of sp³-hybridized carbons (Fsp3) is 0.500. The Labute approximate surface area is 136 Å². The number of hydrogen-bond donors (Lipinski definition) is 1. The van der Waals surface area contributed by atoms with Crippen LogP contribution in [0.15, 0.2) is 22.7 Å². The van der Waals surface area contributed by atoms with Gasteiger partial charge in [0.1, 0.15) is 29.5 Å². The molecular formula is C18H23NO4. The van der Waals surface area contributed by atoms with Crippen molar-refractivity contribution in [2.45, 2.75) is 58.8 Å². The van der Waals surface area contributed by atoms with Crippen LogP contribution in [-0.4, -0.2) is 15.9 Å². The second-order valence-corrected chi connectivity index (χ2v) is 6.56. The summed E-state index contributed by atoms with van der Waals surface area (Å²) in [6.07, 6.45) is 0.731. The fourth-order valence-electron chi connectivity index (χ4n) is 3.02. The molecule has 1 unspecified atom stereocenters. The summed E-state index contributed by atoms with van der Waals surface area (Å²) in [5.74, 6) is 2.10. The Kier molecular flexibility index (Phi) is 4.06. The summed E-state index contributed by atoms with van der Waals surface area (Å²) in [7, 11) is 0. The highest BCUT2D eigenvalue weighted by atomic mass is 16.5. The van der Waals surface area contributed by atoms with Crippen LogP contribution < -0.4 is 9.47 Å². The zero-order valence-electron chi connectivity index (χ0n) is 14.0. The molecule has 1 atom stereocenters. The normalized spacial score (nSPS) is 19.1. The third kappa shape index (κ3) is 3.06. The molecule has 3 rings (SSSR count). The standard InChI is InChI=1S/C18H23NO4/c1-5-13-12(11(2)23-19-13)10-21-15-7-6-8-16-17(15)14(20)9-18(3,4)22-16/h6-8,14,20H,5,9-10H2,1-4H3. The van der Waals surface area contributed by atoms with Gasteiger partial charge in [-0.1, -0.05) is 18.1 Å². The minimum atomic E-state index is -0.598. The van der Waals surface area contributed by atoms with E-state index in [4.69, 9.17) is 14.0 Å². The SMILES string of the molecule is CCc1noc(C)c1COc1cccc2c1C(O)CC(C)(C)O2. The number of fused-ring (bicyclic) bond motifs is 1. The third-order valence-electron chi connectivity index (χ3n) is 4.20. The van der Waals surface area contributed by atoms with Crippen LogP contribution in [0.2, 0.25) is 0 Å². The van der Waals surface area contributed by atoms with Crippen LogP contribution in [0.3, 0.4) is 0 Å². The first-order valence-corrected chi connectivity index (χ1v) is 7.98. The third-order valence-corrected chi connectivity index (χ3v) is 4.20. The average Bonchev–Trinajstić information content (AvgIpc) is 2.83. The molecule has 1 aliphatic rings. The number of ether oxygens (including phenoxy) is 2. The van der Waals surface area contributed by atoms with Gasteiger partial charge < -0.3 is 19.1 Å². The molecule has 0 radical (unpaired) electrons. The highest BCUT2D eigenvalue weighted by molar-refractivity contribution is 5.48. The van der Waals surface area contributed by atoms with Crippen LogP contribution in [0.5, 0.6) is 11.5 Å². The maximum Gasteiger partial charge on any atom is 0.140 e. The topological polar surface area (TPSA) is 64.7 Å². The molecule has 1 N–H and O–H groups in total. The highest BCUT2D eigenvalue weighted by Gasteiger charge is 2.34. The van der Waals surface area contributed by atoms with Crippen molar-refractivity contribution >= 4 is 0 Å². The second-order valence-electron chi connectivity index (χ2n) is 6.56. The molecule has 0 fully saturated rings. The monoisotopic (exact) mass is 317 g/mol. The zero-order valence-corrected chi connectivity index (χ0v) is 14.0. The van der Waals surface area contributed by atoms with Crippen LogP contribution in [0.1, 0.15) is 55.9 Å². The fourth-order valence-corrected chi connectivity index (χ4v) is 3.02. The summed E-state index contributed by atoms with van der Waals surface area (Å²) >= 11 is 0. The van der Waals surface area contributed by atoms with Crippen molar-refractivity contribution in [1.82, 2.24) is 5.16 Å². The van der Waals surface area contributed by atoms with E-state index in [1.54, 1.807) is 0 Å². The number of aliphatic hydroxyl groups is 1. The maximum atomic E-state index is 10.5. The Morgan fingerprint density at radius 3 is 2.91 bits per heavy atom. The van der Waals surface area contributed by atoms with Gasteiger partial charge in [-0.25, -0.2) is 0 Å². The van der Waals surface area contributed by atoms with E-state index < -0.39 is 6.10 Å². The van der Waals surface area contributed by atoms with Gasteiger partial charge in [-0.05, 0) is 39.3 Å². The molecule has 2 heterocycles. The Balaban J connectivity index is 1.86. The van der Waals surface area contributed by atoms with Crippen molar-refractivity contribution in [3.63, 3.8) is 0 Å². The van der Waals surface area contributed by atoms with Crippen molar-refractivity contribution in [3.05, 3.63) is 40.8 Å². The molecule has 0 spiro atoms. The predicted octanol–water partition coefficient (Wildman–Crippen LogP) is 3.72. The van der Waals surface area contributed by atoms with Crippen molar-refractivity contribution in [2.75, 3.05) is 0 Å². The van der Waals surface area contributed by atoms with Gasteiger partial charge in [0.15, 0.2) is 0 Å². The van der Waals surface area contributed by atoms with Crippen LogP contribution in [0, 0.1) is 6.92 Å². The van der Waals surface area contributed by atoms with E-state index in [0.29, 0.717) is 24.5 Å². The van der Waals surface area contributed by atoms with Crippen molar-refractivity contribution in [1.29, 1.82) is 0 Å². The van der Waals surface area contributed by atoms with Crippen molar-refractivity contribution < 1.29 is 19.1 Å². The van der Waals surface area contributed by atoms with Crippen LogP contribution in [0.4, 0.5) is 0 Å². The molecule has 0 bridgehead atoms. The van der Waals surface area contributed by atoms with Gasteiger partial charge in [0.05, 0.1) is 22.9 Å². The molecule has 5 heteroatoms. The summed E-state index contributed by atoms with van der Waals surface area (Å²) in [4.78, 5) is 0. The smallest absolute Gasteiger partial charge is 0.140 e. The summed E-state index contributed by atoms with van der Waals surface area (Å²) < 4.78 is 17.2. The van der Waals surface area contributed by atoms with E-state index in [1.807, 2.05) is 45.9 Å². The van der Waals surface area contributed by atoms with E-state index in [0.717, 1.165) is 29.0 Å². The first-order chi connectivity index (χ1) is 10.9. The number of aromatic nitrogens is 1. The van der Waals surface area contributed by atoms with E-state index in [2.05, 4.69) is 5.16 Å². The second kappa shape index (κ2) is 5.89. The molecule has 0 saturated heterocycles. The lowest BCUT2D eigenvalue weighted by atomic mass is 9.91. The number of nitrogens with zero attached hydrogens (tertiary/aromatic N) is 1. The van der Waals surface area contributed by atoms with Gasteiger partial charge >= 0.3 is 0 Å².